The molecule has 3 rings (SSSR count). The van der Waals surface area contributed by atoms with E-state index >= 15 is 0 Å². The molecule has 80 valence electrons. The maximum absolute atomic E-state index is 3.56. The van der Waals surface area contributed by atoms with Gasteiger partial charge in [0.1, 0.15) is 0 Å². The average Bonchev–Trinajstić information content (AvgIpc) is 2.95. The zero-order chi connectivity index (χ0) is 9.43. The Morgan fingerprint density at radius 2 is 1.86 bits per heavy atom. The van der Waals surface area contributed by atoms with E-state index in [2.05, 4.69) is 10.6 Å². The van der Waals surface area contributed by atoms with Crippen molar-refractivity contribution in [3.63, 3.8) is 0 Å². The molecule has 1 spiro atoms. The maximum Gasteiger partial charge on any atom is -0.00176 e. The highest BCUT2D eigenvalue weighted by Crippen LogP contribution is 2.62. The zero-order valence-electron chi connectivity index (χ0n) is 9.02. The first kappa shape index (κ1) is 9.17. The minimum Gasteiger partial charge on any atom is -0.317 e. The lowest BCUT2D eigenvalue weighted by atomic mass is 9.84. The van der Waals surface area contributed by atoms with Crippen LogP contribution in [0.1, 0.15) is 32.1 Å². The fourth-order valence-corrected chi connectivity index (χ4v) is 3.77. The molecule has 2 nitrogen and oxygen atoms in total. The van der Waals surface area contributed by atoms with Gasteiger partial charge in [-0.1, -0.05) is 0 Å². The first-order valence-corrected chi connectivity index (χ1v) is 6.32. The van der Waals surface area contributed by atoms with Gasteiger partial charge >= 0.3 is 0 Å². The molecule has 14 heavy (non-hydrogen) atoms. The molecule has 3 fully saturated rings. The summed E-state index contributed by atoms with van der Waals surface area (Å²) >= 11 is 0. The van der Waals surface area contributed by atoms with Gasteiger partial charge in [-0.05, 0) is 75.5 Å². The summed E-state index contributed by atoms with van der Waals surface area (Å²) in [5, 5.41) is 7.05. The summed E-state index contributed by atoms with van der Waals surface area (Å²) in [5.41, 5.74) is 0.801. The molecular weight excluding hydrogens is 172 g/mol. The lowest BCUT2D eigenvalue weighted by Crippen LogP contribution is -2.35. The summed E-state index contributed by atoms with van der Waals surface area (Å²) < 4.78 is 0. The van der Waals surface area contributed by atoms with E-state index in [9.17, 15) is 0 Å². The standard InChI is InChI=1S/C12H22N2/c1-2-10(9-14-5-1)11-8-12(11)3-6-13-7-4-12/h10-11,13-14H,1-9H2. The fourth-order valence-electron chi connectivity index (χ4n) is 3.77. The minimum atomic E-state index is 0.801. The Bertz CT molecular complexity index is 202. The predicted molar refractivity (Wildman–Crippen MR) is 58.2 cm³/mol. The van der Waals surface area contributed by atoms with Crippen molar-refractivity contribution in [3.05, 3.63) is 0 Å². The summed E-state index contributed by atoms with van der Waals surface area (Å²) in [5.74, 6) is 2.10. The van der Waals surface area contributed by atoms with Gasteiger partial charge < -0.3 is 10.6 Å². The SMILES string of the molecule is C1CNCC(C2CC23CCNCC3)C1. The van der Waals surface area contributed by atoms with Crippen LogP contribution in [0.2, 0.25) is 0 Å². The molecule has 0 aromatic carbocycles. The number of hydrogen-bond donors (Lipinski definition) is 2. The first-order valence-electron chi connectivity index (χ1n) is 6.32. The van der Waals surface area contributed by atoms with Gasteiger partial charge in [0.2, 0.25) is 0 Å². The van der Waals surface area contributed by atoms with Crippen molar-refractivity contribution < 1.29 is 0 Å². The summed E-state index contributed by atoms with van der Waals surface area (Å²) in [6.07, 6.45) is 7.35. The van der Waals surface area contributed by atoms with Crippen LogP contribution in [0.4, 0.5) is 0 Å². The Labute approximate surface area is 86.8 Å². The van der Waals surface area contributed by atoms with Crippen LogP contribution in [0.15, 0.2) is 0 Å². The van der Waals surface area contributed by atoms with Crippen LogP contribution in [-0.4, -0.2) is 26.2 Å². The van der Waals surface area contributed by atoms with Crippen molar-refractivity contribution in [2.24, 2.45) is 17.3 Å². The molecule has 2 saturated heterocycles. The molecule has 2 aliphatic heterocycles. The van der Waals surface area contributed by atoms with Crippen LogP contribution in [0.25, 0.3) is 0 Å². The van der Waals surface area contributed by atoms with E-state index in [1.807, 2.05) is 0 Å². The lowest BCUT2D eigenvalue weighted by molar-refractivity contribution is 0.251. The largest absolute Gasteiger partial charge is 0.317 e. The highest BCUT2D eigenvalue weighted by Gasteiger charge is 2.56. The van der Waals surface area contributed by atoms with Gasteiger partial charge in [-0.15, -0.1) is 0 Å². The van der Waals surface area contributed by atoms with Gasteiger partial charge in [-0.3, -0.25) is 0 Å². The van der Waals surface area contributed by atoms with Crippen LogP contribution >= 0.6 is 0 Å². The summed E-state index contributed by atoms with van der Waals surface area (Å²) in [6.45, 7) is 5.12. The van der Waals surface area contributed by atoms with E-state index < -0.39 is 0 Å². The molecule has 2 atom stereocenters. The van der Waals surface area contributed by atoms with E-state index in [4.69, 9.17) is 0 Å². The minimum absolute atomic E-state index is 0.801. The van der Waals surface area contributed by atoms with Gasteiger partial charge in [0, 0.05) is 0 Å². The smallest absolute Gasteiger partial charge is 0.00176 e. The molecule has 2 heterocycles. The molecule has 1 saturated carbocycles. The molecular formula is C12H22N2. The summed E-state index contributed by atoms with van der Waals surface area (Å²) in [6, 6.07) is 0. The predicted octanol–water partition coefficient (Wildman–Crippen LogP) is 1.38. The zero-order valence-corrected chi connectivity index (χ0v) is 9.02. The Morgan fingerprint density at radius 3 is 2.57 bits per heavy atom. The van der Waals surface area contributed by atoms with Crippen molar-refractivity contribution in [1.29, 1.82) is 0 Å². The first-order chi connectivity index (χ1) is 6.91. The molecule has 0 bridgehead atoms. The van der Waals surface area contributed by atoms with Crippen LogP contribution in [0, 0.1) is 17.3 Å². The normalized spacial score (nSPS) is 41.1. The van der Waals surface area contributed by atoms with Gasteiger partial charge in [0.25, 0.3) is 0 Å². The van der Waals surface area contributed by atoms with E-state index in [1.54, 1.807) is 6.42 Å². The molecule has 3 aliphatic rings. The Kier molecular flexibility index (Phi) is 2.29. The van der Waals surface area contributed by atoms with Crippen molar-refractivity contribution >= 4 is 0 Å². The monoisotopic (exact) mass is 194 g/mol. The second-order valence-corrected chi connectivity index (χ2v) is 5.53. The highest BCUT2D eigenvalue weighted by atomic mass is 14.9. The quantitative estimate of drug-likeness (QED) is 0.659. The van der Waals surface area contributed by atoms with E-state index in [1.165, 1.54) is 51.9 Å². The third kappa shape index (κ3) is 1.49. The van der Waals surface area contributed by atoms with E-state index in [0.717, 1.165) is 17.3 Å². The van der Waals surface area contributed by atoms with Crippen LogP contribution in [-0.2, 0) is 0 Å². The fraction of sp³-hybridized carbons (Fsp3) is 1.00. The number of nitrogens with one attached hydrogen (secondary N) is 2. The third-order valence-electron chi connectivity index (χ3n) is 4.76. The maximum atomic E-state index is 3.56. The van der Waals surface area contributed by atoms with Crippen LogP contribution in [0.5, 0.6) is 0 Å². The summed E-state index contributed by atoms with van der Waals surface area (Å²) in [4.78, 5) is 0. The van der Waals surface area contributed by atoms with Crippen molar-refractivity contribution in [3.8, 4) is 0 Å². The number of hydrogen-bond acceptors (Lipinski definition) is 2. The van der Waals surface area contributed by atoms with Gasteiger partial charge in [0.05, 0.1) is 0 Å². The molecule has 0 radical (unpaired) electrons. The molecule has 1 aliphatic carbocycles. The number of piperidine rings is 2. The molecule has 0 aromatic rings. The molecule has 0 amide bonds. The van der Waals surface area contributed by atoms with Crippen LogP contribution in [0.3, 0.4) is 0 Å². The van der Waals surface area contributed by atoms with Crippen molar-refractivity contribution in [2.75, 3.05) is 26.2 Å². The van der Waals surface area contributed by atoms with Gasteiger partial charge in [0.15, 0.2) is 0 Å². The van der Waals surface area contributed by atoms with E-state index in [0.29, 0.717) is 0 Å². The lowest BCUT2D eigenvalue weighted by Gasteiger charge is -2.29. The average molecular weight is 194 g/mol. The van der Waals surface area contributed by atoms with Gasteiger partial charge in [-0.25, -0.2) is 0 Å². The molecule has 2 unspecified atom stereocenters. The highest BCUT2D eigenvalue weighted by molar-refractivity contribution is 5.07. The molecule has 0 aromatic heterocycles. The van der Waals surface area contributed by atoms with Gasteiger partial charge in [-0.2, -0.15) is 0 Å². The second kappa shape index (κ2) is 3.49. The molecule has 2 heteroatoms. The van der Waals surface area contributed by atoms with Crippen molar-refractivity contribution in [1.82, 2.24) is 10.6 Å². The van der Waals surface area contributed by atoms with E-state index in [-0.39, 0.29) is 0 Å². The Morgan fingerprint density at radius 1 is 1.00 bits per heavy atom. The second-order valence-electron chi connectivity index (χ2n) is 5.53. The topological polar surface area (TPSA) is 24.1 Å². The summed E-state index contributed by atoms with van der Waals surface area (Å²) in [7, 11) is 0. The number of rotatable bonds is 1. The Hall–Kier alpha value is -0.0800. The van der Waals surface area contributed by atoms with Crippen LogP contribution < -0.4 is 10.6 Å². The van der Waals surface area contributed by atoms with Crippen molar-refractivity contribution in [2.45, 2.75) is 32.1 Å². The molecule has 2 N–H and O–H groups in total. The third-order valence-corrected chi connectivity index (χ3v) is 4.76. The Balaban J connectivity index is 1.59.